The third-order valence-electron chi connectivity index (χ3n) is 4.12. The summed E-state index contributed by atoms with van der Waals surface area (Å²) < 4.78 is 27.0. The molecule has 1 N–H and O–H groups in total. The highest BCUT2D eigenvalue weighted by Crippen LogP contribution is 2.43. The first-order chi connectivity index (χ1) is 12.0. The fourth-order valence-corrected chi connectivity index (χ4v) is 4.71. The van der Waals surface area contributed by atoms with Crippen LogP contribution in [0.1, 0.15) is 10.4 Å². The van der Waals surface area contributed by atoms with Crippen molar-refractivity contribution in [3.05, 3.63) is 84.7 Å². The largest absolute Gasteiger partial charge is 0.308 e. The van der Waals surface area contributed by atoms with Gasteiger partial charge in [-0.2, -0.15) is 0 Å². The van der Waals surface area contributed by atoms with Crippen molar-refractivity contribution in [3.63, 3.8) is 0 Å². The molecule has 0 aliphatic carbocycles. The van der Waals surface area contributed by atoms with Crippen LogP contribution < -0.4 is 9.62 Å². The van der Waals surface area contributed by atoms with Gasteiger partial charge < -0.3 is 5.32 Å². The Morgan fingerprint density at radius 1 is 0.920 bits per heavy atom. The first-order valence-corrected chi connectivity index (χ1v) is 9.06. The quantitative estimate of drug-likeness (QED) is 0.788. The molecular weight excluding hydrogens is 336 g/mol. The number of rotatable bonds is 3. The molecule has 0 saturated heterocycles. The Morgan fingerprint density at radius 3 is 2.32 bits per heavy atom. The van der Waals surface area contributed by atoms with Crippen LogP contribution in [0.15, 0.2) is 84.0 Å². The van der Waals surface area contributed by atoms with Crippen molar-refractivity contribution in [1.29, 1.82) is 0 Å². The second-order valence-electron chi connectivity index (χ2n) is 5.67. The van der Waals surface area contributed by atoms with Gasteiger partial charge in [0.2, 0.25) is 0 Å². The topological polar surface area (TPSA) is 66.5 Å². The van der Waals surface area contributed by atoms with Crippen LogP contribution in [0.25, 0.3) is 10.8 Å². The normalized spacial score (nSPS) is 14.5. The van der Waals surface area contributed by atoms with Crippen molar-refractivity contribution in [2.75, 3.05) is 4.31 Å². The fourth-order valence-electron chi connectivity index (χ4n) is 3.03. The number of nitrogens with zero attached hydrogens (tertiary/aromatic N) is 1. The Morgan fingerprint density at radius 2 is 1.60 bits per heavy atom. The molecule has 124 valence electrons. The van der Waals surface area contributed by atoms with Crippen LogP contribution in [0.3, 0.4) is 0 Å². The Hall–Kier alpha value is -3.12. The maximum Gasteiger partial charge on any atom is 0.270 e. The van der Waals surface area contributed by atoms with E-state index in [2.05, 4.69) is 11.9 Å². The third-order valence-corrected chi connectivity index (χ3v) is 5.91. The molecular formula is C19H14N2O3S. The molecule has 0 spiro atoms. The molecule has 0 unspecified atom stereocenters. The Bertz CT molecular complexity index is 1120. The Balaban J connectivity index is 1.75. The number of sulfonamides is 1. The molecule has 4 rings (SSSR count). The van der Waals surface area contributed by atoms with E-state index in [1.165, 1.54) is 0 Å². The van der Waals surface area contributed by atoms with Crippen molar-refractivity contribution in [2.24, 2.45) is 0 Å². The summed E-state index contributed by atoms with van der Waals surface area (Å²) in [6.07, 6.45) is 0. The van der Waals surface area contributed by atoms with Crippen LogP contribution in [0.5, 0.6) is 0 Å². The number of nitrogens with one attached hydrogen (secondary N) is 1. The van der Waals surface area contributed by atoms with Gasteiger partial charge in [0.05, 0.1) is 10.6 Å². The summed E-state index contributed by atoms with van der Waals surface area (Å²) >= 11 is 0. The highest BCUT2D eigenvalue weighted by Gasteiger charge is 2.37. The average Bonchev–Trinajstić information content (AvgIpc) is 2.85. The van der Waals surface area contributed by atoms with Gasteiger partial charge in [-0.05, 0) is 29.7 Å². The minimum atomic E-state index is -3.81. The maximum absolute atomic E-state index is 12.9. The van der Waals surface area contributed by atoms with Gasteiger partial charge in [-0.3, -0.25) is 4.79 Å². The van der Waals surface area contributed by atoms with Gasteiger partial charge in [0.15, 0.2) is 0 Å². The molecule has 0 atom stereocenters. The number of carbonyl (C=O) groups is 1. The molecule has 0 radical (unpaired) electrons. The molecule has 1 aliphatic heterocycles. The van der Waals surface area contributed by atoms with Gasteiger partial charge in [0.25, 0.3) is 15.9 Å². The molecule has 6 heteroatoms. The van der Waals surface area contributed by atoms with Crippen molar-refractivity contribution in [2.45, 2.75) is 4.90 Å². The zero-order chi connectivity index (χ0) is 17.6. The van der Waals surface area contributed by atoms with E-state index in [-0.39, 0.29) is 10.7 Å². The van der Waals surface area contributed by atoms with Crippen LogP contribution in [0.2, 0.25) is 0 Å². The molecule has 3 aromatic carbocycles. The zero-order valence-electron chi connectivity index (χ0n) is 13.1. The van der Waals surface area contributed by atoms with Crippen molar-refractivity contribution in [3.8, 4) is 0 Å². The number of amides is 1. The summed E-state index contributed by atoms with van der Waals surface area (Å²) in [4.78, 5) is 12.6. The summed E-state index contributed by atoms with van der Waals surface area (Å²) in [7, 11) is -3.81. The first-order valence-electron chi connectivity index (χ1n) is 7.62. The van der Waals surface area contributed by atoms with Crippen molar-refractivity contribution >= 4 is 32.4 Å². The van der Waals surface area contributed by atoms with E-state index < -0.39 is 15.9 Å². The van der Waals surface area contributed by atoms with Gasteiger partial charge in [-0.1, -0.05) is 49.0 Å². The predicted molar refractivity (Wildman–Crippen MR) is 96.7 cm³/mol. The summed E-state index contributed by atoms with van der Waals surface area (Å²) in [6, 6.07) is 19.0. The second kappa shape index (κ2) is 5.46. The molecule has 5 nitrogen and oxygen atoms in total. The second-order valence-corrected chi connectivity index (χ2v) is 7.42. The number of hydrogen-bond donors (Lipinski definition) is 1. The predicted octanol–water partition coefficient (Wildman–Crippen LogP) is 3.25. The van der Waals surface area contributed by atoms with Crippen molar-refractivity contribution in [1.82, 2.24) is 5.32 Å². The molecule has 0 saturated carbocycles. The van der Waals surface area contributed by atoms with Crippen LogP contribution in [-0.2, 0) is 10.0 Å². The van der Waals surface area contributed by atoms with Crippen LogP contribution in [0, 0.1) is 0 Å². The molecule has 1 heterocycles. The molecule has 0 aromatic heterocycles. The van der Waals surface area contributed by atoms with Gasteiger partial charge in [0, 0.05) is 10.9 Å². The third kappa shape index (κ3) is 2.30. The molecule has 25 heavy (non-hydrogen) atoms. The van der Waals surface area contributed by atoms with E-state index in [0.29, 0.717) is 16.6 Å². The van der Waals surface area contributed by atoms with E-state index >= 15 is 0 Å². The van der Waals surface area contributed by atoms with Gasteiger partial charge >= 0.3 is 0 Å². The van der Waals surface area contributed by atoms with Crippen molar-refractivity contribution < 1.29 is 13.2 Å². The van der Waals surface area contributed by atoms with E-state index in [1.807, 2.05) is 12.1 Å². The van der Waals surface area contributed by atoms with Crippen LogP contribution in [-0.4, -0.2) is 14.3 Å². The molecule has 3 aromatic rings. The Kier molecular flexibility index (Phi) is 3.36. The summed E-state index contributed by atoms with van der Waals surface area (Å²) in [5.41, 5.74) is 0.919. The lowest BCUT2D eigenvalue weighted by Crippen LogP contribution is -2.36. The van der Waals surface area contributed by atoms with Gasteiger partial charge in [-0.15, -0.1) is 0 Å². The van der Waals surface area contributed by atoms with E-state index in [4.69, 9.17) is 0 Å². The average molecular weight is 350 g/mol. The van der Waals surface area contributed by atoms with Gasteiger partial charge in [-0.25, -0.2) is 12.7 Å². The fraction of sp³-hybridized carbons (Fsp3) is 0. The lowest BCUT2D eigenvalue weighted by molar-refractivity contribution is 0.0966. The van der Waals surface area contributed by atoms with Gasteiger partial charge in [0.1, 0.15) is 5.82 Å². The number of benzene rings is 3. The summed E-state index contributed by atoms with van der Waals surface area (Å²) in [6.45, 7) is 3.78. The minimum absolute atomic E-state index is 0.00227. The monoisotopic (exact) mass is 350 g/mol. The van der Waals surface area contributed by atoms with Crippen LogP contribution >= 0.6 is 0 Å². The summed E-state index contributed by atoms with van der Waals surface area (Å²) in [5, 5.41) is 4.05. The Labute approximate surface area is 145 Å². The maximum atomic E-state index is 12.9. The zero-order valence-corrected chi connectivity index (χ0v) is 14.0. The standard InChI is InChI=1S/C19H14N2O3S/c1-13(20-19(22)15-7-3-2-4-8-15)21-16-11-5-9-14-10-6-12-17(18(14)16)25(21,23)24/h2-12H,1H2,(H,20,22). The number of anilines is 1. The highest BCUT2D eigenvalue weighted by atomic mass is 32.2. The van der Waals surface area contributed by atoms with Crippen LogP contribution in [0.4, 0.5) is 5.69 Å². The summed E-state index contributed by atoms with van der Waals surface area (Å²) in [5.74, 6) is -0.415. The van der Waals surface area contributed by atoms with E-state index in [9.17, 15) is 13.2 Å². The lowest BCUT2D eigenvalue weighted by Gasteiger charge is -2.21. The highest BCUT2D eigenvalue weighted by molar-refractivity contribution is 7.93. The molecule has 1 amide bonds. The lowest BCUT2D eigenvalue weighted by atomic mass is 10.1. The minimum Gasteiger partial charge on any atom is -0.308 e. The first kappa shape index (κ1) is 15.4. The molecule has 0 bridgehead atoms. The number of carbonyl (C=O) groups excluding carboxylic acids is 1. The smallest absolute Gasteiger partial charge is 0.270 e. The van der Waals surface area contributed by atoms with E-state index in [1.54, 1.807) is 54.6 Å². The van der Waals surface area contributed by atoms with E-state index in [0.717, 1.165) is 9.69 Å². The molecule has 0 fully saturated rings. The SMILES string of the molecule is C=C(NC(=O)c1ccccc1)N1c2cccc3cccc(c23)S1(=O)=O. The molecule has 1 aliphatic rings. The number of hydrogen-bond acceptors (Lipinski definition) is 3.